The molecule has 0 fully saturated rings. The number of carbonyl (C=O) groups excluding carboxylic acids is 1. The van der Waals surface area contributed by atoms with E-state index in [1.165, 1.54) is 11.3 Å². The summed E-state index contributed by atoms with van der Waals surface area (Å²) in [7, 11) is 1.59. The number of allylic oxidation sites excluding steroid dienone is 1. The Labute approximate surface area is 271 Å². The van der Waals surface area contributed by atoms with Crippen LogP contribution in [-0.2, 0) is 11.4 Å². The highest BCUT2D eigenvalue weighted by Crippen LogP contribution is 2.36. The Bertz CT molecular complexity index is 1910. The smallest absolute Gasteiger partial charge is 0.271 e. The number of hydrogen-bond donors (Lipinski definition) is 0. The molecule has 2 heterocycles. The van der Waals surface area contributed by atoms with Crippen molar-refractivity contribution in [2.75, 3.05) is 26.8 Å². The maximum atomic E-state index is 14.2. The lowest BCUT2D eigenvalue weighted by Crippen LogP contribution is -2.43. The summed E-state index contributed by atoms with van der Waals surface area (Å²) in [5, 5.41) is 0.666. The molecule has 0 saturated carbocycles. The summed E-state index contributed by atoms with van der Waals surface area (Å²) in [6.45, 7) is 9.49. The van der Waals surface area contributed by atoms with Crippen LogP contribution in [-0.4, -0.2) is 42.2 Å². The van der Waals surface area contributed by atoms with Crippen LogP contribution in [0.3, 0.4) is 0 Å². The highest BCUT2D eigenvalue weighted by molar-refractivity contribution is 7.07. The van der Waals surface area contributed by atoms with Crippen LogP contribution in [0.25, 0.3) is 6.08 Å². The van der Waals surface area contributed by atoms with Gasteiger partial charge in [-0.3, -0.25) is 14.2 Å². The normalized spacial score (nSPS) is 14.5. The van der Waals surface area contributed by atoms with Crippen molar-refractivity contribution in [3.63, 3.8) is 0 Å². The molecule has 1 amide bonds. The number of carbonyl (C=O) groups is 1. The average Bonchev–Trinajstić information content (AvgIpc) is 3.35. The molecular weight excluding hydrogens is 610 g/mol. The lowest BCUT2D eigenvalue weighted by Gasteiger charge is -2.29. The third-order valence-corrected chi connectivity index (χ3v) is 8.84. The summed E-state index contributed by atoms with van der Waals surface area (Å²) in [5.74, 6) is 1.61. The fourth-order valence-electron chi connectivity index (χ4n) is 5.36. The first kappa shape index (κ1) is 32.1. The second kappa shape index (κ2) is 14.2. The van der Waals surface area contributed by atoms with Crippen molar-refractivity contribution in [1.29, 1.82) is 0 Å². The summed E-state index contributed by atoms with van der Waals surface area (Å²) in [4.78, 5) is 35.1. The Kier molecular flexibility index (Phi) is 10.1. The molecule has 1 aliphatic heterocycles. The zero-order valence-corrected chi connectivity index (χ0v) is 27.6. The SMILES string of the molecule is CCOc1cc(/C=c2/sc3n(c2=O)[C@H](c2ccccc2OC)C(C(=O)N(CC)CC)=C(C)N=3)ccc1OCc1ccc(Cl)cc1. The number of benzene rings is 3. The van der Waals surface area contributed by atoms with Gasteiger partial charge in [-0.25, -0.2) is 4.99 Å². The molecule has 45 heavy (non-hydrogen) atoms. The Balaban J connectivity index is 1.59. The van der Waals surface area contributed by atoms with E-state index in [0.29, 0.717) is 69.2 Å². The topological polar surface area (TPSA) is 82.4 Å². The van der Waals surface area contributed by atoms with Gasteiger partial charge in [0.05, 0.1) is 29.5 Å². The van der Waals surface area contributed by atoms with Gasteiger partial charge in [0, 0.05) is 23.7 Å². The van der Waals surface area contributed by atoms with E-state index < -0.39 is 6.04 Å². The molecule has 234 valence electrons. The van der Waals surface area contributed by atoms with Crippen molar-refractivity contribution < 1.29 is 19.0 Å². The number of likely N-dealkylation sites (N-methyl/N-ethyl adjacent to an activating group) is 1. The van der Waals surface area contributed by atoms with Crippen LogP contribution >= 0.6 is 22.9 Å². The number of para-hydroxylation sites is 1. The van der Waals surface area contributed by atoms with Crippen molar-refractivity contribution in [3.05, 3.63) is 119 Å². The number of rotatable bonds is 11. The lowest BCUT2D eigenvalue weighted by atomic mass is 9.94. The Morgan fingerprint density at radius 1 is 1.00 bits per heavy atom. The zero-order valence-electron chi connectivity index (χ0n) is 26.0. The molecule has 1 atom stereocenters. The molecule has 0 spiro atoms. The van der Waals surface area contributed by atoms with Crippen LogP contribution < -0.4 is 29.1 Å². The minimum absolute atomic E-state index is 0.151. The molecule has 0 saturated heterocycles. The van der Waals surface area contributed by atoms with E-state index in [-0.39, 0.29) is 11.5 Å². The van der Waals surface area contributed by atoms with Crippen LogP contribution in [0.5, 0.6) is 17.2 Å². The van der Waals surface area contributed by atoms with Crippen LogP contribution in [0.4, 0.5) is 0 Å². The second-order valence-electron chi connectivity index (χ2n) is 10.4. The first-order valence-electron chi connectivity index (χ1n) is 14.9. The largest absolute Gasteiger partial charge is 0.496 e. The van der Waals surface area contributed by atoms with Gasteiger partial charge < -0.3 is 19.1 Å². The highest BCUT2D eigenvalue weighted by Gasteiger charge is 2.35. The van der Waals surface area contributed by atoms with E-state index in [2.05, 4.69) is 0 Å². The third kappa shape index (κ3) is 6.70. The fourth-order valence-corrected chi connectivity index (χ4v) is 6.53. The van der Waals surface area contributed by atoms with Crippen molar-refractivity contribution in [2.24, 2.45) is 4.99 Å². The minimum atomic E-state index is -0.699. The van der Waals surface area contributed by atoms with Crippen molar-refractivity contribution in [3.8, 4) is 17.2 Å². The summed E-state index contributed by atoms with van der Waals surface area (Å²) in [6, 6.07) is 19.8. The van der Waals surface area contributed by atoms with Crippen LogP contribution in [0, 0.1) is 0 Å². The standard InChI is InChI=1S/C35H36ClN3O5S/c1-6-38(7-2)34(41)31-22(4)37-35-39(32(31)26-11-9-10-12-27(26)42-5)33(40)30(45-35)20-24-15-18-28(29(19-24)43-8-3)44-21-23-13-16-25(36)17-14-23/h9-20,32H,6-8,21H2,1-5H3/b30-20+/t32-/m1/s1. The molecule has 4 aromatic rings. The number of fused-ring (bicyclic) bond motifs is 1. The van der Waals surface area contributed by atoms with E-state index in [0.717, 1.165) is 16.7 Å². The molecule has 1 aliphatic rings. The number of halogens is 1. The maximum Gasteiger partial charge on any atom is 0.271 e. The molecule has 10 heteroatoms. The predicted molar refractivity (Wildman–Crippen MR) is 178 cm³/mol. The van der Waals surface area contributed by atoms with Gasteiger partial charge in [0.15, 0.2) is 16.3 Å². The van der Waals surface area contributed by atoms with Crippen molar-refractivity contribution in [2.45, 2.75) is 40.3 Å². The molecule has 0 N–H and O–H groups in total. The Morgan fingerprint density at radius 3 is 2.42 bits per heavy atom. The maximum absolute atomic E-state index is 14.2. The first-order chi connectivity index (χ1) is 21.8. The summed E-state index contributed by atoms with van der Waals surface area (Å²) < 4.78 is 19.8. The third-order valence-electron chi connectivity index (χ3n) is 7.61. The van der Waals surface area contributed by atoms with E-state index in [9.17, 15) is 9.59 Å². The Hall–Kier alpha value is -4.34. The zero-order chi connectivity index (χ0) is 32.1. The summed E-state index contributed by atoms with van der Waals surface area (Å²) in [5.41, 5.74) is 3.27. The van der Waals surface area contributed by atoms with Crippen LogP contribution in [0.15, 0.2) is 87.8 Å². The first-order valence-corrected chi connectivity index (χ1v) is 16.1. The molecule has 0 unspecified atom stereocenters. The molecule has 5 rings (SSSR count). The number of ether oxygens (including phenoxy) is 3. The van der Waals surface area contributed by atoms with Gasteiger partial charge in [0.25, 0.3) is 11.5 Å². The molecular formula is C35H36ClN3O5S. The van der Waals surface area contributed by atoms with Gasteiger partial charge in [-0.2, -0.15) is 0 Å². The van der Waals surface area contributed by atoms with Gasteiger partial charge in [-0.1, -0.05) is 59.3 Å². The molecule has 8 nitrogen and oxygen atoms in total. The monoisotopic (exact) mass is 645 g/mol. The highest BCUT2D eigenvalue weighted by atomic mass is 35.5. The molecule has 0 aliphatic carbocycles. The Morgan fingerprint density at radius 2 is 1.73 bits per heavy atom. The summed E-state index contributed by atoms with van der Waals surface area (Å²) >= 11 is 7.29. The average molecular weight is 646 g/mol. The van der Waals surface area contributed by atoms with E-state index in [1.54, 1.807) is 16.6 Å². The number of amides is 1. The lowest BCUT2D eigenvalue weighted by molar-refractivity contribution is -0.127. The number of hydrogen-bond acceptors (Lipinski definition) is 7. The van der Waals surface area contributed by atoms with E-state index in [4.69, 9.17) is 30.8 Å². The number of aromatic nitrogens is 1. The van der Waals surface area contributed by atoms with E-state index in [1.807, 2.05) is 101 Å². The quantitative estimate of drug-likeness (QED) is 0.208. The van der Waals surface area contributed by atoms with Crippen LogP contribution in [0.1, 0.15) is 50.4 Å². The number of methoxy groups -OCH3 is 1. The molecule has 0 bridgehead atoms. The van der Waals surface area contributed by atoms with Crippen molar-refractivity contribution >= 4 is 34.9 Å². The number of thiazole rings is 1. The van der Waals surface area contributed by atoms with Gasteiger partial charge >= 0.3 is 0 Å². The second-order valence-corrected chi connectivity index (χ2v) is 11.8. The van der Waals surface area contributed by atoms with Crippen molar-refractivity contribution in [1.82, 2.24) is 9.47 Å². The predicted octanol–water partition coefficient (Wildman–Crippen LogP) is 5.74. The number of nitrogens with zero attached hydrogens (tertiary/aromatic N) is 3. The van der Waals surface area contributed by atoms with Gasteiger partial charge in [0.2, 0.25) is 0 Å². The molecule has 1 aromatic heterocycles. The van der Waals surface area contributed by atoms with Gasteiger partial charge in [-0.05, 0) is 75.2 Å². The fraction of sp³-hybridized carbons (Fsp3) is 0.286. The van der Waals surface area contributed by atoms with Gasteiger partial charge in [0.1, 0.15) is 18.4 Å². The molecule has 3 aromatic carbocycles. The van der Waals surface area contributed by atoms with E-state index >= 15 is 0 Å². The summed E-state index contributed by atoms with van der Waals surface area (Å²) in [6.07, 6.45) is 1.82. The minimum Gasteiger partial charge on any atom is -0.496 e. The molecule has 0 radical (unpaired) electrons. The van der Waals surface area contributed by atoms with Crippen LogP contribution in [0.2, 0.25) is 5.02 Å². The van der Waals surface area contributed by atoms with Gasteiger partial charge in [-0.15, -0.1) is 0 Å².